The number of benzene rings is 1. The molecule has 0 spiro atoms. The summed E-state index contributed by atoms with van der Waals surface area (Å²) in [7, 11) is 0. The van der Waals surface area contributed by atoms with Gasteiger partial charge in [-0.2, -0.15) is 0 Å². The first-order valence-corrected chi connectivity index (χ1v) is 9.38. The Labute approximate surface area is 157 Å². The normalized spacial score (nSPS) is 22.0. The molecule has 0 saturated heterocycles. The van der Waals surface area contributed by atoms with Crippen LogP contribution in [0, 0.1) is 5.92 Å². The van der Waals surface area contributed by atoms with E-state index in [9.17, 15) is 14.4 Å². The summed E-state index contributed by atoms with van der Waals surface area (Å²) in [6, 6.07) is 8.30. The highest BCUT2D eigenvalue weighted by Gasteiger charge is 2.36. The average molecular weight is 366 g/mol. The van der Waals surface area contributed by atoms with E-state index in [1.807, 2.05) is 0 Å². The Morgan fingerprint density at radius 3 is 2.67 bits per heavy atom. The number of carbonyl (C=O) groups excluding carboxylic acids is 3. The molecule has 27 heavy (non-hydrogen) atoms. The zero-order valence-corrected chi connectivity index (χ0v) is 15.2. The molecule has 3 amide bonds. The predicted octanol–water partition coefficient (Wildman–Crippen LogP) is 3.38. The maximum absolute atomic E-state index is 12.7. The number of hydrogen-bond donors (Lipinski definition) is 1. The molecule has 1 N–H and O–H groups in total. The van der Waals surface area contributed by atoms with E-state index in [0.717, 1.165) is 24.2 Å². The highest BCUT2D eigenvalue weighted by Crippen LogP contribution is 2.27. The van der Waals surface area contributed by atoms with Gasteiger partial charge in [-0.05, 0) is 49.1 Å². The molecule has 2 aromatic rings. The Balaban J connectivity index is 1.52. The molecule has 2 heterocycles. The van der Waals surface area contributed by atoms with Crippen molar-refractivity contribution in [1.82, 2.24) is 10.2 Å². The molecule has 2 atom stereocenters. The summed E-state index contributed by atoms with van der Waals surface area (Å²) in [6.45, 7) is 2.24. The van der Waals surface area contributed by atoms with E-state index in [-0.39, 0.29) is 30.0 Å². The SMILES string of the molecule is CC1CCCCC1NC(=O)c1ccc2c(c1)C(=O)N(Cc1ccco1)C2=O. The molecule has 6 nitrogen and oxygen atoms in total. The summed E-state index contributed by atoms with van der Waals surface area (Å²) < 4.78 is 5.24. The minimum Gasteiger partial charge on any atom is -0.467 e. The lowest BCUT2D eigenvalue weighted by Crippen LogP contribution is -2.41. The van der Waals surface area contributed by atoms with Crippen molar-refractivity contribution in [2.45, 2.75) is 45.2 Å². The molecule has 0 radical (unpaired) electrons. The van der Waals surface area contributed by atoms with Gasteiger partial charge in [0.25, 0.3) is 17.7 Å². The largest absolute Gasteiger partial charge is 0.467 e. The van der Waals surface area contributed by atoms with Gasteiger partial charge in [-0.25, -0.2) is 0 Å². The van der Waals surface area contributed by atoms with E-state index in [1.165, 1.54) is 18.8 Å². The third-order valence-electron chi connectivity index (χ3n) is 5.55. The summed E-state index contributed by atoms with van der Waals surface area (Å²) >= 11 is 0. The number of hydrogen-bond acceptors (Lipinski definition) is 4. The van der Waals surface area contributed by atoms with E-state index in [0.29, 0.717) is 22.8 Å². The van der Waals surface area contributed by atoms with Crippen molar-refractivity contribution in [3.05, 3.63) is 59.0 Å². The molecule has 6 heteroatoms. The van der Waals surface area contributed by atoms with Gasteiger partial charge in [0.15, 0.2) is 0 Å². The number of amides is 3. The first kappa shape index (κ1) is 17.5. The fraction of sp³-hybridized carbons (Fsp3) is 0.381. The topological polar surface area (TPSA) is 79.6 Å². The second-order valence-electron chi connectivity index (χ2n) is 7.38. The third-order valence-corrected chi connectivity index (χ3v) is 5.55. The van der Waals surface area contributed by atoms with Crippen LogP contribution in [-0.2, 0) is 6.54 Å². The number of carbonyl (C=O) groups is 3. The molecule has 0 bridgehead atoms. The van der Waals surface area contributed by atoms with Gasteiger partial charge in [-0.3, -0.25) is 19.3 Å². The van der Waals surface area contributed by atoms with Gasteiger partial charge in [0.2, 0.25) is 0 Å². The number of rotatable bonds is 4. The maximum atomic E-state index is 12.7. The highest BCUT2D eigenvalue weighted by molar-refractivity contribution is 6.22. The van der Waals surface area contributed by atoms with E-state index in [2.05, 4.69) is 12.2 Å². The quantitative estimate of drug-likeness (QED) is 0.841. The van der Waals surface area contributed by atoms with Crippen LogP contribution in [0.2, 0.25) is 0 Å². The Morgan fingerprint density at radius 1 is 1.15 bits per heavy atom. The average Bonchev–Trinajstić information content (AvgIpc) is 3.26. The molecule has 1 fully saturated rings. The van der Waals surface area contributed by atoms with Crippen LogP contribution in [0.4, 0.5) is 0 Å². The van der Waals surface area contributed by atoms with Gasteiger partial charge in [-0.1, -0.05) is 19.8 Å². The number of fused-ring (bicyclic) bond motifs is 1. The van der Waals surface area contributed by atoms with Gasteiger partial charge in [-0.15, -0.1) is 0 Å². The Hall–Kier alpha value is -2.89. The van der Waals surface area contributed by atoms with Gasteiger partial charge < -0.3 is 9.73 Å². The van der Waals surface area contributed by atoms with Crippen LogP contribution in [-0.4, -0.2) is 28.7 Å². The minimum atomic E-state index is -0.396. The third kappa shape index (κ3) is 3.27. The second-order valence-corrected chi connectivity index (χ2v) is 7.38. The molecule has 1 saturated carbocycles. The molecule has 1 aromatic heterocycles. The van der Waals surface area contributed by atoms with Gasteiger partial charge in [0, 0.05) is 11.6 Å². The Bertz CT molecular complexity index is 888. The summed E-state index contributed by atoms with van der Waals surface area (Å²) in [5, 5.41) is 3.09. The fourth-order valence-corrected chi connectivity index (χ4v) is 3.92. The Morgan fingerprint density at radius 2 is 1.93 bits per heavy atom. The van der Waals surface area contributed by atoms with Crippen molar-refractivity contribution >= 4 is 17.7 Å². The van der Waals surface area contributed by atoms with E-state index < -0.39 is 5.91 Å². The van der Waals surface area contributed by atoms with Crippen LogP contribution < -0.4 is 5.32 Å². The van der Waals surface area contributed by atoms with Crippen LogP contribution in [0.15, 0.2) is 41.0 Å². The van der Waals surface area contributed by atoms with Crippen LogP contribution in [0.25, 0.3) is 0 Å². The van der Waals surface area contributed by atoms with E-state index in [1.54, 1.807) is 24.3 Å². The lowest BCUT2D eigenvalue weighted by molar-refractivity contribution is 0.0631. The molecule has 140 valence electrons. The summed E-state index contributed by atoms with van der Waals surface area (Å²) in [5.41, 5.74) is 1.01. The zero-order chi connectivity index (χ0) is 19.0. The zero-order valence-electron chi connectivity index (χ0n) is 15.2. The Kier molecular flexibility index (Phi) is 4.56. The number of imide groups is 1. The molecule has 4 rings (SSSR count). The molecule has 1 aliphatic carbocycles. The first-order valence-electron chi connectivity index (χ1n) is 9.38. The van der Waals surface area contributed by atoms with Crippen molar-refractivity contribution in [3.8, 4) is 0 Å². The summed E-state index contributed by atoms with van der Waals surface area (Å²) in [4.78, 5) is 39.0. The van der Waals surface area contributed by atoms with Gasteiger partial charge >= 0.3 is 0 Å². The van der Waals surface area contributed by atoms with Gasteiger partial charge in [0.1, 0.15) is 5.76 Å². The number of furan rings is 1. The molecule has 1 aromatic carbocycles. The summed E-state index contributed by atoms with van der Waals surface area (Å²) in [5.74, 6) is 0.0329. The maximum Gasteiger partial charge on any atom is 0.261 e. The predicted molar refractivity (Wildman–Crippen MR) is 98.2 cm³/mol. The standard InChI is InChI=1S/C21H22N2O4/c1-13-5-2-3-7-18(13)22-19(24)14-8-9-16-17(11-14)21(26)23(20(16)25)12-15-6-4-10-27-15/h4,6,8-11,13,18H,2-3,5,7,12H2,1H3,(H,22,24). The van der Waals surface area contributed by atoms with Crippen molar-refractivity contribution < 1.29 is 18.8 Å². The van der Waals surface area contributed by atoms with Crippen molar-refractivity contribution in [1.29, 1.82) is 0 Å². The van der Waals surface area contributed by atoms with Crippen LogP contribution in [0.3, 0.4) is 0 Å². The lowest BCUT2D eigenvalue weighted by atomic mass is 9.86. The molecular weight excluding hydrogens is 344 g/mol. The molecular formula is C21H22N2O4. The molecule has 2 aliphatic rings. The van der Waals surface area contributed by atoms with Crippen LogP contribution >= 0.6 is 0 Å². The van der Waals surface area contributed by atoms with Crippen molar-refractivity contribution in [2.75, 3.05) is 0 Å². The van der Waals surface area contributed by atoms with Crippen LogP contribution in [0.1, 0.15) is 69.4 Å². The molecule has 1 aliphatic heterocycles. The summed E-state index contributed by atoms with van der Waals surface area (Å²) in [6.07, 6.45) is 5.92. The monoisotopic (exact) mass is 366 g/mol. The van der Waals surface area contributed by atoms with Crippen LogP contribution in [0.5, 0.6) is 0 Å². The van der Waals surface area contributed by atoms with Crippen molar-refractivity contribution in [2.24, 2.45) is 5.92 Å². The van der Waals surface area contributed by atoms with Crippen molar-refractivity contribution in [3.63, 3.8) is 0 Å². The molecule has 2 unspecified atom stereocenters. The first-order chi connectivity index (χ1) is 13.0. The lowest BCUT2D eigenvalue weighted by Gasteiger charge is -2.29. The highest BCUT2D eigenvalue weighted by atomic mass is 16.3. The minimum absolute atomic E-state index is 0.0838. The second kappa shape index (κ2) is 7.02. The van der Waals surface area contributed by atoms with E-state index >= 15 is 0 Å². The number of nitrogens with zero attached hydrogens (tertiary/aromatic N) is 1. The smallest absolute Gasteiger partial charge is 0.261 e. The van der Waals surface area contributed by atoms with E-state index in [4.69, 9.17) is 4.42 Å². The van der Waals surface area contributed by atoms with Gasteiger partial charge in [0.05, 0.1) is 23.9 Å². The fourth-order valence-electron chi connectivity index (χ4n) is 3.92. The number of nitrogens with one attached hydrogen (secondary N) is 1.